The van der Waals surface area contributed by atoms with Crippen LogP contribution in [0.1, 0.15) is 38.9 Å². The zero-order valence-electron chi connectivity index (χ0n) is 9.07. The Labute approximate surface area is 84.5 Å². The molecule has 0 radical (unpaired) electrons. The van der Waals surface area contributed by atoms with Crippen molar-refractivity contribution in [2.24, 2.45) is 17.6 Å². The lowest BCUT2D eigenvalue weighted by Crippen LogP contribution is -2.26. The van der Waals surface area contributed by atoms with Crippen LogP contribution in [0.3, 0.4) is 0 Å². The molecule has 1 aromatic heterocycles. The molecule has 0 aliphatic rings. The summed E-state index contributed by atoms with van der Waals surface area (Å²) in [4.78, 5) is 0. The number of aromatic nitrogens is 4. The molecule has 5 nitrogen and oxygen atoms in total. The van der Waals surface area contributed by atoms with Crippen molar-refractivity contribution in [3.63, 3.8) is 0 Å². The normalized spacial score (nSPS) is 15.8. The smallest absolute Gasteiger partial charge is 0.179 e. The van der Waals surface area contributed by atoms with Crippen LogP contribution in [-0.2, 0) is 0 Å². The predicted octanol–water partition coefficient (Wildman–Crippen LogP) is 0.924. The van der Waals surface area contributed by atoms with Crippen molar-refractivity contribution in [2.75, 3.05) is 6.54 Å². The van der Waals surface area contributed by atoms with Crippen LogP contribution < -0.4 is 5.73 Å². The lowest BCUT2D eigenvalue weighted by atomic mass is 9.81. The van der Waals surface area contributed by atoms with Gasteiger partial charge in [-0.15, -0.1) is 10.2 Å². The lowest BCUT2D eigenvalue weighted by Gasteiger charge is -2.25. The Kier molecular flexibility index (Phi) is 4.00. The molecule has 1 heterocycles. The van der Waals surface area contributed by atoms with Crippen molar-refractivity contribution >= 4 is 0 Å². The number of nitrogens with two attached hydrogens (primary N) is 1. The van der Waals surface area contributed by atoms with Crippen molar-refractivity contribution in [2.45, 2.75) is 33.1 Å². The Morgan fingerprint density at radius 1 is 1.43 bits per heavy atom. The molecule has 0 amide bonds. The first-order valence-corrected chi connectivity index (χ1v) is 5.14. The van der Waals surface area contributed by atoms with Crippen molar-refractivity contribution in [1.29, 1.82) is 0 Å². The van der Waals surface area contributed by atoms with Gasteiger partial charge in [-0.05, 0) is 11.8 Å². The van der Waals surface area contributed by atoms with Crippen LogP contribution in [0, 0.1) is 11.8 Å². The van der Waals surface area contributed by atoms with Crippen LogP contribution in [0.2, 0.25) is 0 Å². The van der Waals surface area contributed by atoms with Crippen LogP contribution in [-0.4, -0.2) is 27.2 Å². The molecule has 0 saturated carbocycles. The molecule has 0 fully saturated rings. The van der Waals surface area contributed by atoms with Gasteiger partial charge in [0.15, 0.2) is 5.82 Å². The Hall–Kier alpha value is -0.970. The topological polar surface area (TPSA) is 80.5 Å². The molecule has 2 atom stereocenters. The molecule has 0 bridgehead atoms. The molecule has 1 aromatic rings. The fraction of sp³-hybridized carbons (Fsp3) is 0.889. The highest BCUT2D eigenvalue weighted by Crippen LogP contribution is 2.29. The first-order chi connectivity index (χ1) is 6.70. The highest BCUT2D eigenvalue weighted by atomic mass is 15.5. The zero-order chi connectivity index (χ0) is 10.6. The van der Waals surface area contributed by atoms with E-state index in [2.05, 4.69) is 41.4 Å². The highest BCUT2D eigenvalue weighted by Gasteiger charge is 2.26. The predicted molar refractivity (Wildman–Crippen MR) is 54.6 cm³/mol. The van der Waals surface area contributed by atoms with Crippen molar-refractivity contribution in [3.8, 4) is 0 Å². The molecule has 3 N–H and O–H groups in total. The Morgan fingerprint density at radius 2 is 2.14 bits per heavy atom. The summed E-state index contributed by atoms with van der Waals surface area (Å²) in [6.45, 7) is 7.16. The number of nitrogens with zero attached hydrogens (tertiary/aromatic N) is 3. The van der Waals surface area contributed by atoms with Gasteiger partial charge in [0.2, 0.25) is 0 Å². The maximum Gasteiger partial charge on any atom is 0.179 e. The summed E-state index contributed by atoms with van der Waals surface area (Å²) in [6.07, 6.45) is 1.09. The second kappa shape index (κ2) is 5.05. The Balaban J connectivity index is 2.79. The second-order valence-corrected chi connectivity index (χ2v) is 3.93. The third kappa shape index (κ3) is 2.29. The maximum absolute atomic E-state index is 5.76. The van der Waals surface area contributed by atoms with Crippen LogP contribution >= 0.6 is 0 Å². The summed E-state index contributed by atoms with van der Waals surface area (Å²) in [5.41, 5.74) is 5.76. The third-order valence-corrected chi connectivity index (χ3v) is 2.79. The quantitative estimate of drug-likeness (QED) is 0.735. The average molecular weight is 197 g/mol. The van der Waals surface area contributed by atoms with Gasteiger partial charge in [-0.2, -0.15) is 5.21 Å². The van der Waals surface area contributed by atoms with Gasteiger partial charge in [0.25, 0.3) is 0 Å². The summed E-state index contributed by atoms with van der Waals surface area (Å²) >= 11 is 0. The highest BCUT2D eigenvalue weighted by molar-refractivity contribution is 4.96. The summed E-state index contributed by atoms with van der Waals surface area (Å²) in [6, 6.07) is 0. The molecule has 0 saturated heterocycles. The van der Waals surface area contributed by atoms with E-state index < -0.39 is 0 Å². The first kappa shape index (κ1) is 11.1. The van der Waals surface area contributed by atoms with E-state index in [-0.39, 0.29) is 5.92 Å². The van der Waals surface area contributed by atoms with E-state index >= 15 is 0 Å². The number of rotatable bonds is 5. The molecule has 80 valence electrons. The van der Waals surface area contributed by atoms with Gasteiger partial charge in [0, 0.05) is 12.5 Å². The number of hydrogen-bond acceptors (Lipinski definition) is 4. The van der Waals surface area contributed by atoms with E-state index in [4.69, 9.17) is 5.73 Å². The Morgan fingerprint density at radius 3 is 2.50 bits per heavy atom. The molecule has 1 rings (SSSR count). The van der Waals surface area contributed by atoms with E-state index in [9.17, 15) is 0 Å². The maximum atomic E-state index is 5.76. The van der Waals surface area contributed by atoms with Gasteiger partial charge >= 0.3 is 0 Å². The fourth-order valence-electron chi connectivity index (χ4n) is 2.02. The van der Waals surface area contributed by atoms with Gasteiger partial charge in [0.1, 0.15) is 0 Å². The monoisotopic (exact) mass is 197 g/mol. The molecular weight excluding hydrogens is 178 g/mol. The molecule has 0 aliphatic heterocycles. The molecule has 14 heavy (non-hydrogen) atoms. The van der Waals surface area contributed by atoms with E-state index in [0.29, 0.717) is 18.4 Å². The van der Waals surface area contributed by atoms with Crippen molar-refractivity contribution in [3.05, 3.63) is 5.82 Å². The molecule has 5 heteroatoms. The number of tetrazole rings is 1. The van der Waals surface area contributed by atoms with Gasteiger partial charge < -0.3 is 5.73 Å². The standard InChI is InChI=1S/C9H19N5/c1-4-7(6(2)3)8(5-10)9-11-13-14-12-9/h6-8H,4-5,10H2,1-3H3,(H,11,12,13,14). The minimum atomic E-state index is 0.221. The fourth-order valence-corrected chi connectivity index (χ4v) is 2.02. The van der Waals surface area contributed by atoms with Crippen molar-refractivity contribution < 1.29 is 0 Å². The average Bonchev–Trinajstić information content (AvgIpc) is 2.65. The summed E-state index contributed by atoms with van der Waals surface area (Å²) in [7, 11) is 0. The zero-order valence-corrected chi connectivity index (χ0v) is 9.07. The summed E-state index contributed by atoms with van der Waals surface area (Å²) in [5.74, 6) is 2.08. The molecular formula is C9H19N5. The molecule has 0 aliphatic carbocycles. The van der Waals surface area contributed by atoms with E-state index in [0.717, 1.165) is 12.2 Å². The largest absolute Gasteiger partial charge is 0.330 e. The van der Waals surface area contributed by atoms with Gasteiger partial charge in [-0.25, -0.2) is 0 Å². The molecule has 2 unspecified atom stereocenters. The third-order valence-electron chi connectivity index (χ3n) is 2.79. The van der Waals surface area contributed by atoms with Crippen molar-refractivity contribution in [1.82, 2.24) is 20.6 Å². The first-order valence-electron chi connectivity index (χ1n) is 5.14. The summed E-state index contributed by atoms with van der Waals surface area (Å²) < 4.78 is 0. The minimum absolute atomic E-state index is 0.221. The Bertz CT molecular complexity index is 244. The van der Waals surface area contributed by atoms with Crippen LogP contribution in [0.5, 0.6) is 0 Å². The minimum Gasteiger partial charge on any atom is -0.330 e. The van der Waals surface area contributed by atoms with E-state index in [1.165, 1.54) is 0 Å². The van der Waals surface area contributed by atoms with Crippen LogP contribution in [0.25, 0.3) is 0 Å². The van der Waals surface area contributed by atoms with E-state index in [1.807, 2.05) is 0 Å². The van der Waals surface area contributed by atoms with Gasteiger partial charge in [-0.1, -0.05) is 32.4 Å². The number of nitrogens with one attached hydrogen (secondary N) is 1. The second-order valence-electron chi connectivity index (χ2n) is 3.93. The van der Waals surface area contributed by atoms with Gasteiger partial charge in [0.05, 0.1) is 0 Å². The number of aromatic amines is 1. The van der Waals surface area contributed by atoms with Gasteiger partial charge in [-0.3, -0.25) is 0 Å². The SMILES string of the molecule is CCC(C(C)C)C(CN)c1nn[nH]n1. The number of hydrogen-bond donors (Lipinski definition) is 2. The number of H-pyrrole nitrogens is 1. The lowest BCUT2D eigenvalue weighted by molar-refractivity contribution is 0.303. The van der Waals surface area contributed by atoms with E-state index in [1.54, 1.807) is 0 Å². The van der Waals surface area contributed by atoms with Crippen LogP contribution in [0.15, 0.2) is 0 Å². The molecule has 0 aromatic carbocycles. The molecule has 0 spiro atoms. The van der Waals surface area contributed by atoms with Crippen LogP contribution in [0.4, 0.5) is 0 Å². The summed E-state index contributed by atoms with van der Waals surface area (Å²) in [5, 5.41) is 14.1.